The summed E-state index contributed by atoms with van der Waals surface area (Å²) in [4.78, 5) is 12.8. The fraction of sp³-hybridized carbons (Fsp3) is 0.107. The molecule has 0 saturated carbocycles. The maximum Gasteiger partial charge on any atom is 0.264 e. The highest BCUT2D eigenvalue weighted by molar-refractivity contribution is 7.93. The zero-order chi connectivity index (χ0) is 29.8. The van der Waals surface area contributed by atoms with Crippen LogP contribution in [0.4, 0.5) is 21.5 Å². The van der Waals surface area contributed by atoms with E-state index < -0.39 is 38.3 Å². The largest absolute Gasteiger partial charge is 0.497 e. The van der Waals surface area contributed by atoms with Crippen molar-refractivity contribution in [3.8, 4) is 5.75 Å². The minimum absolute atomic E-state index is 0.0649. The third-order valence-corrected chi connectivity index (χ3v) is 9.59. The number of ether oxygens (including phenoxy) is 1. The molecule has 1 amide bonds. The summed E-state index contributed by atoms with van der Waals surface area (Å²) < 4.78 is 74.7. The van der Waals surface area contributed by atoms with Gasteiger partial charge < -0.3 is 10.1 Å². The lowest BCUT2D eigenvalue weighted by Gasteiger charge is -2.24. The second kappa shape index (κ2) is 12.2. The predicted octanol–water partition coefficient (Wildman–Crippen LogP) is 5.43. The number of nitrogens with one attached hydrogen (secondary N) is 2. The second-order valence-corrected chi connectivity index (χ2v) is 12.7. The summed E-state index contributed by atoms with van der Waals surface area (Å²) >= 11 is 6.08. The van der Waals surface area contributed by atoms with Crippen LogP contribution in [0.5, 0.6) is 5.75 Å². The molecule has 41 heavy (non-hydrogen) atoms. The highest BCUT2D eigenvalue weighted by Gasteiger charge is 2.27. The molecule has 0 fully saturated rings. The Morgan fingerprint density at radius 3 is 2.10 bits per heavy atom. The van der Waals surface area contributed by atoms with Crippen molar-refractivity contribution in [3.05, 3.63) is 107 Å². The summed E-state index contributed by atoms with van der Waals surface area (Å²) in [6.07, 6.45) is 0. The number of nitrogens with zero attached hydrogens (tertiary/aromatic N) is 1. The van der Waals surface area contributed by atoms with Crippen molar-refractivity contribution < 1.29 is 30.8 Å². The number of benzene rings is 4. The van der Waals surface area contributed by atoms with Gasteiger partial charge in [-0.15, -0.1) is 0 Å². The Bertz CT molecular complexity index is 1770. The van der Waals surface area contributed by atoms with Crippen LogP contribution in [0.15, 0.2) is 101 Å². The van der Waals surface area contributed by atoms with Crippen LogP contribution >= 0.6 is 11.6 Å². The van der Waals surface area contributed by atoms with Gasteiger partial charge in [0.1, 0.15) is 18.1 Å². The lowest BCUT2D eigenvalue weighted by atomic mass is 10.2. The summed E-state index contributed by atoms with van der Waals surface area (Å²) in [7, 11) is -6.76. The Labute approximate surface area is 242 Å². The number of hydrogen-bond acceptors (Lipinski definition) is 6. The lowest BCUT2D eigenvalue weighted by molar-refractivity contribution is -0.114. The van der Waals surface area contributed by atoms with Crippen LogP contribution in [0.1, 0.15) is 5.56 Å². The van der Waals surface area contributed by atoms with Crippen molar-refractivity contribution in [2.75, 3.05) is 28.0 Å². The van der Waals surface area contributed by atoms with Crippen LogP contribution in [0.3, 0.4) is 0 Å². The standard InChI is InChI=1S/C28H25ClFN3O6S2/c1-19-26(29)4-3-5-27(19)32-40(35,36)24-14-8-21(9-15-24)31-28(34)18-33(22-10-6-20(30)7-11-22)41(37,38)25-16-12-23(39-2)13-17-25/h3-17,32H,18H2,1-2H3,(H,31,34). The Morgan fingerprint density at radius 1 is 0.878 bits per heavy atom. The smallest absolute Gasteiger partial charge is 0.264 e. The van der Waals surface area contributed by atoms with Gasteiger partial charge >= 0.3 is 0 Å². The second-order valence-electron chi connectivity index (χ2n) is 8.75. The highest BCUT2D eigenvalue weighted by atomic mass is 35.5. The molecule has 0 spiro atoms. The molecule has 4 aromatic rings. The Kier molecular flexibility index (Phi) is 8.86. The minimum atomic E-state index is -4.24. The molecule has 4 aromatic carbocycles. The molecule has 0 aromatic heterocycles. The molecule has 2 N–H and O–H groups in total. The molecule has 9 nitrogen and oxygen atoms in total. The number of halogens is 2. The van der Waals surface area contributed by atoms with E-state index in [1.54, 1.807) is 25.1 Å². The van der Waals surface area contributed by atoms with E-state index in [9.17, 15) is 26.0 Å². The number of rotatable bonds is 10. The highest BCUT2D eigenvalue weighted by Crippen LogP contribution is 2.27. The van der Waals surface area contributed by atoms with Gasteiger partial charge in [-0.1, -0.05) is 17.7 Å². The molecule has 0 radical (unpaired) electrons. The molecule has 13 heteroatoms. The maximum atomic E-state index is 13.6. The van der Waals surface area contributed by atoms with Crippen molar-refractivity contribution >= 4 is 54.6 Å². The van der Waals surface area contributed by atoms with Crippen molar-refractivity contribution in [1.29, 1.82) is 0 Å². The van der Waals surface area contributed by atoms with Crippen LogP contribution in [-0.2, 0) is 24.8 Å². The zero-order valence-corrected chi connectivity index (χ0v) is 24.2. The topological polar surface area (TPSA) is 122 Å². The minimum Gasteiger partial charge on any atom is -0.497 e. The molecular weight excluding hydrogens is 593 g/mol. The van der Waals surface area contributed by atoms with Crippen LogP contribution in [-0.4, -0.2) is 36.4 Å². The van der Waals surface area contributed by atoms with Crippen LogP contribution in [0.25, 0.3) is 0 Å². The van der Waals surface area contributed by atoms with Gasteiger partial charge in [0.15, 0.2) is 0 Å². The summed E-state index contributed by atoms with van der Waals surface area (Å²) in [5.41, 5.74) is 1.20. The summed E-state index contributed by atoms with van der Waals surface area (Å²) in [5, 5.41) is 2.98. The van der Waals surface area contributed by atoms with E-state index in [0.29, 0.717) is 22.0 Å². The van der Waals surface area contributed by atoms with Crippen LogP contribution in [0.2, 0.25) is 5.02 Å². The van der Waals surface area contributed by atoms with Crippen molar-refractivity contribution in [3.63, 3.8) is 0 Å². The van der Waals surface area contributed by atoms with E-state index in [1.807, 2.05) is 0 Å². The van der Waals surface area contributed by atoms with Gasteiger partial charge in [0, 0.05) is 10.7 Å². The molecule has 0 heterocycles. The van der Waals surface area contributed by atoms with Gasteiger partial charge in [0.25, 0.3) is 20.0 Å². The number of anilines is 3. The van der Waals surface area contributed by atoms with Crippen molar-refractivity contribution in [2.45, 2.75) is 16.7 Å². The molecule has 0 saturated heterocycles. The van der Waals surface area contributed by atoms with Gasteiger partial charge in [-0.25, -0.2) is 21.2 Å². The third-order valence-electron chi connectivity index (χ3n) is 6.01. The normalized spacial score (nSPS) is 11.5. The Hall–Kier alpha value is -4.13. The fourth-order valence-electron chi connectivity index (χ4n) is 3.77. The molecule has 0 atom stereocenters. The van der Waals surface area contributed by atoms with E-state index >= 15 is 0 Å². The lowest BCUT2D eigenvalue weighted by Crippen LogP contribution is -2.38. The summed E-state index contributed by atoms with van der Waals surface area (Å²) in [6, 6.07) is 20.5. The SMILES string of the molecule is COc1ccc(S(=O)(=O)N(CC(=O)Nc2ccc(S(=O)(=O)Nc3cccc(Cl)c3C)cc2)c2ccc(F)cc2)cc1. The van der Waals surface area contributed by atoms with E-state index in [2.05, 4.69) is 10.0 Å². The van der Waals surface area contributed by atoms with E-state index in [0.717, 1.165) is 16.4 Å². The molecule has 214 valence electrons. The zero-order valence-electron chi connectivity index (χ0n) is 21.8. The average Bonchev–Trinajstić information content (AvgIpc) is 2.95. The fourth-order valence-corrected chi connectivity index (χ4v) is 6.49. The molecule has 0 bridgehead atoms. The Balaban J connectivity index is 1.53. The monoisotopic (exact) mass is 617 g/mol. The Morgan fingerprint density at radius 2 is 1.49 bits per heavy atom. The first kappa shape index (κ1) is 29.8. The third kappa shape index (κ3) is 6.96. The number of hydrogen-bond donors (Lipinski definition) is 2. The molecular formula is C28H25ClFN3O6S2. The number of carbonyl (C=O) groups excluding carboxylic acids is 1. The van der Waals surface area contributed by atoms with E-state index in [4.69, 9.17) is 16.3 Å². The summed E-state index contributed by atoms with van der Waals surface area (Å²) in [6.45, 7) is 1.04. The summed E-state index contributed by atoms with van der Waals surface area (Å²) in [5.74, 6) is -0.844. The maximum absolute atomic E-state index is 13.6. The average molecular weight is 618 g/mol. The quantitative estimate of drug-likeness (QED) is 0.245. The van der Waals surface area contributed by atoms with Gasteiger partial charge in [0.2, 0.25) is 5.91 Å². The first-order chi connectivity index (χ1) is 19.4. The van der Waals surface area contributed by atoms with E-state index in [1.165, 1.54) is 67.8 Å². The van der Waals surface area contributed by atoms with Crippen LogP contribution < -0.4 is 19.1 Å². The number of carbonyl (C=O) groups is 1. The van der Waals surface area contributed by atoms with Crippen molar-refractivity contribution in [2.24, 2.45) is 0 Å². The predicted molar refractivity (Wildman–Crippen MR) is 156 cm³/mol. The molecule has 4 rings (SSSR count). The number of methoxy groups -OCH3 is 1. The molecule has 0 aliphatic heterocycles. The first-order valence-corrected chi connectivity index (χ1v) is 15.3. The van der Waals surface area contributed by atoms with Gasteiger partial charge in [0.05, 0.1) is 28.3 Å². The van der Waals surface area contributed by atoms with Gasteiger partial charge in [-0.3, -0.25) is 13.8 Å². The van der Waals surface area contributed by atoms with Crippen LogP contribution in [0, 0.1) is 12.7 Å². The molecule has 0 aliphatic rings. The number of sulfonamides is 2. The van der Waals surface area contributed by atoms with Gasteiger partial charge in [-0.2, -0.15) is 0 Å². The van der Waals surface area contributed by atoms with Gasteiger partial charge in [-0.05, 0) is 97.4 Å². The molecule has 0 unspecified atom stereocenters. The van der Waals surface area contributed by atoms with E-state index in [-0.39, 0.29) is 21.2 Å². The first-order valence-electron chi connectivity index (χ1n) is 12.0. The number of amides is 1. The van der Waals surface area contributed by atoms with Crippen molar-refractivity contribution in [1.82, 2.24) is 0 Å². The molecule has 0 aliphatic carbocycles.